The van der Waals surface area contributed by atoms with Crippen LogP contribution in [0.4, 0.5) is 0 Å². The van der Waals surface area contributed by atoms with E-state index in [9.17, 15) is 4.79 Å². The Bertz CT molecular complexity index is 1110. The van der Waals surface area contributed by atoms with E-state index < -0.39 is 0 Å². The summed E-state index contributed by atoms with van der Waals surface area (Å²) in [6.45, 7) is 3.98. The fraction of sp³-hybridized carbons (Fsp3) is 0.176. The van der Waals surface area contributed by atoms with Crippen LogP contribution >= 0.6 is 23.1 Å². The van der Waals surface area contributed by atoms with Gasteiger partial charge in [0, 0.05) is 5.39 Å². The van der Waals surface area contributed by atoms with Crippen LogP contribution in [0.5, 0.6) is 0 Å². The topological polar surface area (TPSA) is 95.7 Å². The summed E-state index contributed by atoms with van der Waals surface area (Å²) >= 11 is 2.63. The molecule has 27 heavy (non-hydrogen) atoms. The Morgan fingerprint density at radius 2 is 2.07 bits per heavy atom. The van der Waals surface area contributed by atoms with Gasteiger partial charge in [-0.15, -0.1) is 16.4 Å². The van der Waals surface area contributed by atoms with Crippen LogP contribution in [-0.4, -0.2) is 42.8 Å². The lowest BCUT2D eigenvalue weighted by Crippen LogP contribution is -2.03. The number of ether oxygens (including phenoxy) is 1. The number of nitrogens with zero attached hydrogens (tertiary/aromatic N) is 6. The number of tetrazole rings is 1. The van der Waals surface area contributed by atoms with Crippen molar-refractivity contribution in [3.05, 3.63) is 47.1 Å². The van der Waals surface area contributed by atoms with Gasteiger partial charge in [-0.25, -0.2) is 14.8 Å². The maximum absolute atomic E-state index is 12.2. The zero-order valence-electron chi connectivity index (χ0n) is 14.5. The Morgan fingerprint density at radius 1 is 1.26 bits per heavy atom. The molecule has 3 aromatic heterocycles. The minimum absolute atomic E-state index is 0.325. The summed E-state index contributed by atoms with van der Waals surface area (Å²) in [7, 11) is 0. The normalized spacial score (nSPS) is 11.0. The molecule has 1 aromatic carbocycles. The Hall–Kier alpha value is -2.85. The minimum atomic E-state index is -0.344. The smallest absolute Gasteiger partial charge is 0.348 e. The second-order valence-electron chi connectivity index (χ2n) is 5.45. The molecule has 0 radical (unpaired) electrons. The van der Waals surface area contributed by atoms with E-state index in [1.54, 1.807) is 11.6 Å². The van der Waals surface area contributed by atoms with E-state index in [-0.39, 0.29) is 5.97 Å². The predicted molar refractivity (Wildman–Crippen MR) is 101 cm³/mol. The van der Waals surface area contributed by atoms with Gasteiger partial charge >= 0.3 is 5.97 Å². The summed E-state index contributed by atoms with van der Waals surface area (Å²) in [5, 5.41) is 14.0. The molecule has 0 bridgehead atoms. The highest BCUT2D eigenvalue weighted by Gasteiger charge is 2.22. The molecule has 0 unspecified atom stereocenters. The molecule has 0 spiro atoms. The number of fused-ring (bicyclic) bond motifs is 1. The van der Waals surface area contributed by atoms with Gasteiger partial charge in [-0.2, -0.15) is 4.68 Å². The van der Waals surface area contributed by atoms with Gasteiger partial charge in [0.2, 0.25) is 5.16 Å². The minimum Gasteiger partial charge on any atom is -0.462 e. The van der Waals surface area contributed by atoms with Gasteiger partial charge in [-0.1, -0.05) is 18.2 Å². The summed E-state index contributed by atoms with van der Waals surface area (Å²) in [4.78, 5) is 22.2. The molecule has 0 saturated heterocycles. The van der Waals surface area contributed by atoms with E-state index in [0.717, 1.165) is 21.5 Å². The Kier molecular flexibility index (Phi) is 4.82. The third kappa shape index (κ3) is 3.28. The van der Waals surface area contributed by atoms with Gasteiger partial charge in [0.15, 0.2) is 0 Å². The second-order valence-corrected chi connectivity index (χ2v) is 7.40. The van der Waals surface area contributed by atoms with Crippen LogP contribution in [0.15, 0.2) is 46.8 Å². The Balaban J connectivity index is 1.76. The monoisotopic (exact) mass is 398 g/mol. The van der Waals surface area contributed by atoms with E-state index in [1.165, 1.54) is 29.4 Å². The average Bonchev–Trinajstić information content (AvgIpc) is 3.28. The van der Waals surface area contributed by atoms with Crippen LogP contribution in [0, 0.1) is 6.92 Å². The number of hydrogen-bond donors (Lipinski definition) is 0. The van der Waals surface area contributed by atoms with Gasteiger partial charge in [0.25, 0.3) is 0 Å². The number of thiophene rings is 1. The van der Waals surface area contributed by atoms with Crippen molar-refractivity contribution >= 4 is 39.3 Å². The number of aromatic nitrogens is 6. The van der Waals surface area contributed by atoms with Crippen molar-refractivity contribution in [3.8, 4) is 5.69 Å². The van der Waals surface area contributed by atoms with E-state index in [4.69, 9.17) is 4.74 Å². The highest BCUT2D eigenvalue weighted by molar-refractivity contribution is 7.99. The van der Waals surface area contributed by atoms with Crippen molar-refractivity contribution in [2.24, 2.45) is 0 Å². The molecule has 0 atom stereocenters. The van der Waals surface area contributed by atoms with Crippen molar-refractivity contribution in [2.45, 2.75) is 24.0 Å². The third-order valence-electron chi connectivity index (χ3n) is 3.78. The van der Waals surface area contributed by atoms with Crippen molar-refractivity contribution < 1.29 is 9.53 Å². The molecule has 4 aromatic rings. The quantitative estimate of drug-likeness (QED) is 0.373. The number of rotatable bonds is 5. The van der Waals surface area contributed by atoms with Crippen molar-refractivity contribution in [1.29, 1.82) is 0 Å². The van der Waals surface area contributed by atoms with Gasteiger partial charge in [0.1, 0.15) is 21.1 Å². The molecule has 3 heterocycles. The number of para-hydroxylation sites is 1. The van der Waals surface area contributed by atoms with Gasteiger partial charge in [0.05, 0.1) is 12.3 Å². The van der Waals surface area contributed by atoms with Gasteiger partial charge in [-0.05, 0) is 53.7 Å². The first-order valence-corrected chi connectivity index (χ1v) is 9.75. The maximum atomic E-state index is 12.2. The average molecular weight is 398 g/mol. The Labute approximate surface area is 162 Å². The Morgan fingerprint density at radius 3 is 2.85 bits per heavy atom. The van der Waals surface area contributed by atoms with E-state index >= 15 is 0 Å². The van der Waals surface area contributed by atoms with Crippen LogP contribution in [0.1, 0.15) is 22.2 Å². The molecular weight excluding hydrogens is 384 g/mol. The van der Waals surface area contributed by atoms with E-state index in [1.807, 2.05) is 37.3 Å². The number of benzene rings is 1. The largest absolute Gasteiger partial charge is 0.462 e. The third-order valence-corrected chi connectivity index (χ3v) is 5.90. The fourth-order valence-electron chi connectivity index (χ4n) is 2.57. The number of esters is 1. The number of aryl methyl sites for hydroxylation is 1. The zero-order valence-corrected chi connectivity index (χ0v) is 16.1. The lowest BCUT2D eigenvalue weighted by Gasteiger charge is -2.05. The summed E-state index contributed by atoms with van der Waals surface area (Å²) in [5.41, 5.74) is 1.65. The van der Waals surface area contributed by atoms with Crippen LogP contribution < -0.4 is 0 Å². The fourth-order valence-corrected chi connectivity index (χ4v) is 4.61. The molecule has 8 nitrogen and oxygen atoms in total. The standard InChI is InChI=1S/C17H14N6O2S2/c1-3-25-16(24)13-10(2)12-14(26-13)18-9-19-15(12)27-17-20-21-22-23(17)11-7-5-4-6-8-11/h4-9H,3H2,1-2H3. The molecule has 4 rings (SSSR count). The van der Waals surface area contributed by atoms with E-state index in [0.29, 0.717) is 21.7 Å². The molecule has 0 N–H and O–H groups in total. The molecule has 0 amide bonds. The van der Waals surface area contributed by atoms with Crippen molar-refractivity contribution in [2.75, 3.05) is 6.61 Å². The van der Waals surface area contributed by atoms with Crippen LogP contribution in [0.3, 0.4) is 0 Å². The summed E-state index contributed by atoms with van der Waals surface area (Å²) in [6.07, 6.45) is 1.48. The van der Waals surface area contributed by atoms with Crippen LogP contribution in [0.2, 0.25) is 0 Å². The maximum Gasteiger partial charge on any atom is 0.348 e. The van der Waals surface area contributed by atoms with Gasteiger partial charge < -0.3 is 4.74 Å². The zero-order chi connectivity index (χ0) is 18.8. The number of carbonyl (C=O) groups is 1. The lowest BCUT2D eigenvalue weighted by molar-refractivity contribution is 0.0531. The highest BCUT2D eigenvalue weighted by atomic mass is 32.2. The lowest BCUT2D eigenvalue weighted by atomic mass is 10.2. The first-order valence-electron chi connectivity index (χ1n) is 8.12. The molecule has 0 aliphatic rings. The van der Waals surface area contributed by atoms with Gasteiger partial charge in [-0.3, -0.25) is 0 Å². The second kappa shape index (κ2) is 7.41. The van der Waals surface area contributed by atoms with Crippen molar-refractivity contribution in [3.63, 3.8) is 0 Å². The summed E-state index contributed by atoms with van der Waals surface area (Å²) in [6, 6.07) is 9.61. The SMILES string of the molecule is CCOC(=O)c1sc2ncnc(Sc3nnnn3-c3ccccc3)c2c1C. The first-order chi connectivity index (χ1) is 13.2. The molecule has 0 saturated carbocycles. The summed E-state index contributed by atoms with van der Waals surface area (Å²) < 4.78 is 6.79. The van der Waals surface area contributed by atoms with E-state index in [2.05, 4.69) is 25.5 Å². The summed E-state index contributed by atoms with van der Waals surface area (Å²) in [5.74, 6) is -0.344. The molecule has 0 fully saturated rings. The molecule has 10 heteroatoms. The molecule has 0 aliphatic heterocycles. The molecule has 0 aliphatic carbocycles. The first kappa shape index (κ1) is 17.6. The predicted octanol–water partition coefficient (Wildman–Crippen LogP) is 3.30. The molecular formula is C17H14N6O2S2. The number of hydrogen-bond acceptors (Lipinski definition) is 9. The van der Waals surface area contributed by atoms with Crippen molar-refractivity contribution in [1.82, 2.24) is 30.2 Å². The van der Waals surface area contributed by atoms with Crippen LogP contribution in [0.25, 0.3) is 15.9 Å². The highest BCUT2D eigenvalue weighted by Crippen LogP contribution is 2.37. The van der Waals surface area contributed by atoms with Crippen LogP contribution in [-0.2, 0) is 4.74 Å². The molecule has 136 valence electrons. The number of carbonyl (C=O) groups excluding carboxylic acids is 1.